The SMILES string of the molecule is CC1(C)CN(CCCCN)C(=O)c2ccc(C(F)(F)F)nc2O1. The molecule has 1 aliphatic heterocycles. The third kappa shape index (κ3) is 4.13. The van der Waals surface area contributed by atoms with Crippen LogP contribution in [0.3, 0.4) is 0 Å². The molecule has 0 aliphatic carbocycles. The Morgan fingerprint density at radius 3 is 2.65 bits per heavy atom. The van der Waals surface area contributed by atoms with E-state index in [-0.39, 0.29) is 23.9 Å². The summed E-state index contributed by atoms with van der Waals surface area (Å²) in [6, 6.07) is 1.93. The van der Waals surface area contributed by atoms with Crippen LogP contribution in [0.25, 0.3) is 0 Å². The zero-order valence-corrected chi connectivity index (χ0v) is 13.1. The molecule has 0 spiro atoms. The standard InChI is InChI=1S/C15H20F3N3O2/c1-14(2)9-21(8-4-3-7-19)13(22)10-5-6-11(15(16,17)18)20-12(10)23-14/h5-6H,3-4,7-9,19H2,1-2H3. The fourth-order valence-corrected chi connectivity index (χ4v) is 2.46. The van der Waals surface area contributed by atoms with Crippen molar-refractivity contribution in [3.8, 4) is 5.88 Å². The summed E-state index contributed by atoms with van der Waals surface area (Å²) < 4.78 is 44.0. The Morgan fingerprint density at radius 1 is 1.35 bits per heavy atom. The predicted molar refractivity (Wildman–Crippen MR) is 78.1 cm³/mol. The maximum absolute atomic E-state index is 12.8. The summed E-state index contributed by atoms with van der Waals surface area (Å²) in [4.78, 5) is 17.7. The Labute approximate surface area is 132 Å². The van der Waals surface area contributed by atoms with E-state index in [4.69, 9.17) is 10.5 Å². The number of alkyl halides is 3. The van der Waals surface area contributed by atoms with Gasteiger partial charge in [-0.2, -0.15) is 13.2 Å². The largest absolute Gasteiger partial charge is 0.469 e. The number of ether oxygens (including phenoxy) is 1. The van der Waals surface area contributed by atoms with Gasteiger partial charge in [0.25, 0.3) is 5.91 Å². The summed E-state index contributed by atoms with van der Waals surface area (Å²) in [6.07, 6.45) is -3.09. The maximum atomic E-state index is 12.8. The fourth-order valence-electron chi connectivity index (χ4n) is 2.46. The van der Waals surface area contributed by atoms with Crippen molar-refractivity contribution in [3.05, 3.63) is 23.4 Å². The molecule has 1 aliphatic rings. The van der Waals surface area contributed by atoms with E-state index in [1.54, 1.807) is 18.7 Å². The first kappa shape index (κ1) is 17.5. The van der Waals surface area contributed by atoms with Gasteiger partial charge in [0.05, 0.1) is 6.54 Å². The lowest BCUT2D eigenvalue weighted by molar-refractivity contribution is -0.141. The molecule has 0 bridgehead atoms. The van der Waals surface area contributed by atoms with Crippen LogP contribution >= 0.6 is 0 Å². The molecular weight excluding hydrogens is 311 g/mol. The van der Waals surface area contributed by atoms with Gasteiger partial charge in [-0.1, -0.05) is 0 Å². The third-order valence-electron chi connectivity index (χ3n) is 3.50. The molecule has 0 unspecified atom stereocenters. The summed E-state index contributed by atoms with van der Waals surface area (Å²) in [5.41, 5.74) is 3.60. The zero-order chi connectivity index (χ0) is 17.3. The van der Waals surface area contributed by atoms with Crippen LogP contribution in [0.2, 0.25) is 0 Å². The summed E-state index contributed by atoms with van der Waals surface area (Å²) in [6.45, 7) is 4.70. The quantitative estimate of drug-likeness (QED) is 0.861. The molecule has 23 heavy (non-hydrogen) atoms. The number of amides is 1. The first-order valence-electron chi connectivity index (χ1n) is 7.41. The van der Waals surface area contributed by atoms with Crippen LogP contribution in [0, 0.1) is 0 Å². The molecule has 1 aromatic rings. The average molecular weight is 331 g/mol. The average Bonchev–Trinajstić information content (AvgIpc) is 2.52. The third-order valence-corrected chi connectivity index (χ3v) is 3.50. The van der Waals surface area contributed by atoms with E-state index in [2.05, 4.69) is 4.98 Å². The molecule has 2 rings (SSSR count). The Kier molecular flexibility index (Phi) is 4.84. The minimum atomic E-state index is -4.58. The van der Waals surface area contributed by atoms with E-state index in [1.807, 2.05) is 0 Å². The van der Waals surface area contributed by atoms with Crippen molar-refractivity contribution >= 4 is 5.91 Å². The van der Waals surface area contributed by atoms with Crippen molar-refractivity contribution in [2.24, 2.45) is 5.73 Å². The molecule has 0 aromatic carbocycles. The van der Waals surface area contributed by atoms with Crippen molar-refractivity contribution in [1.82, 2.24) is 9.88 Å². The second-order valence-corrected chi connectivity index (χ2v) is 6.13. The molecule has 0 saturated carbocycles. The fraction of sp³-hybridized carbons (Fsp3) is 0.600. The number of halogens is 3. The Morgan fingerprint density at radius 2 is 2.04 bits per heavy atom. The van der Waals surface area contributed by atoms with Gasteiger partial charge in [-0.25, -0.2) is 4.98 Å². The van der Waals surface area contributed by atoms with Crippen LogP contribution < -0.4 is 10.5 Å². The molecule has 5 nitrogen and oxygen atoms in total. The second-order valence-electron chi connectivity index (χ2n) is 6.13. The Hall–Kier alpha value is -1.83. The van der Waals surface area contributed by atoms with E-state index in [9.17, 15) is 18.0 Å². The molecule has 2 heterocycles. The maximum Gasteiger partial charge on any atom is 0.433 e. The highest BCUT2D eigenvalue weighted by molar-refractivity contribution is 5.96. The number of hydrogen-bond acceptors (Lipinski definition) is 4. The summed E-state index contributed by atoms with van der Waals surface area (Å²) in [5, 5.41) is 0. The van der Waals surface area contributed by atoms with Gasteiger partial charge in [0.15, 0.2) is 0 Å². The lowest BCUT2D eigenvalue weighted by Crippen LogP contribution is -2.43. The molecule has 128 valence electrons. The van der Waals surface area contributed by atoms with Crippen LogP contribution in [-0.2, 0) is 6.18 Å². The van der Waals surface area contributed by atoms with Gasteiger partial charge in [-0.15, -0.1) is 0 Å². The molecule has 0 radical (unpaired) electrons. The molecule has 8 heteroatoms. The number of pyridine rings is 1. The van der Waals surface area contributed by atoms with Crippen LogP contribution in [0.1, 0.15) is 42.7 Å². The number of fused-ring (bicyclic) bond motifs is 1. The molecule has 1 aromatic heterocycles. The highest BCUT2D eigenvalue weighted by Gasteiger charge is 2.38. The monoisotopic (exact) mass is 331 g/mol. The number of carbonyl (C=O) groups excluding carboxylic acids is 1. The number of unbranched alkanes of at least 4 members (excludes halogenated alkanes) is 1. The number of carbonyl (C=O) groups is 1. The van der Waals surface area contributed by atoms with Crippen LogP contribution in [0.5, 0.6) is 5.88 Å². The number of hydrogen-bond donors (Lipinski definition) is 1. The number of nitrogens with two attached hydrogens (primary N) is 1. The van der Waals surface area contributed by atoms with Crippen molar-refractivity contribution in [3.63, 3.8) is 0 Å². The van der Waals surface area contributed by atoms with Crippen LogP contribution in [0.15, 0.2) is 12.1 Å². The predicted octanol–water partition coefficient (Wildman–Crippen LogP) is 2.45. The Balaban J connectivity index is 2.36. The lowest BCUT2D eigenvalue weighted by Gasteiger charge is -2.29. The number of aromatic nitrogens is 1. The van der Waals surface area contributed by atoms with E-state index in [0.717, 1.165) is 25.0 Å². The highest BCUT2D eigenvalue weighted by atomic mass is 19.4. The lowest BCUT2D eigenvalue weighted by atomic mass is 10.1. The van der Waals surface area contributed by atoms with E-state index < -0.39 is 17.5 Å². The molecular formula is C15H20F3N3O2. The summed E-state index contributed by atoms with van der Waals surface area (Å²) >= 11 is 0. The van der Waals surface area contributed by atoms with Gasteiger partial charge >= 0.3 is 6.18 Å². The summed E-state index contributed by atoms with van der Waals surface area (Å²) in [7, 11) is 0. The Bertz CT molecular complexity index is 588. The smallest absolute Gasteiger partial charge is 0.433 e. The molecule has 2 N–H and O–H groups in total. The van der Waals surface area contributed by atoms with Gasteiger partial charge < -0.3 is 15.4 Å². The molecule has 0 fully saturated rings. The second kappa shape index (κ2) is 6.35. The van der Waals surface area contributed by atoms with Crippen LogP contribution in [0.4, 0.5) is 13.2 Å². The van der Waals surface area contributed by atoms with Gasteiger partial charge in [-0.3, -0.25) is 4.79 Å². The molecule has 1 amide bonds. The zero-order valence-electron chi connectivity index (χ0n) is 13.1. The van der Waals surface area contributed by atoms with E-state index >= 15 is 0 Å². The van der Waals surface area contributed by atoms with E-state index in [1.165, 1.54) is 0 Å². The highest BCUT2D eigenvalue weighted by Crippen LogP contribution is 2.33. The topological polar surface area (TPSA) is 68.5 Å². The van der Waals surface area contributed by atoms with Gasteiger partial charge in [-0.05, 0) is 45.4 Å². The molecule has 0 atom stereocenters. The van der Waals surface area contributed by atoms with Crippen molar-refractivity contribution in [2.45, 2.75) is 38.5 Å². The van der Waals surface area contributed by atoms with Gasteiger partial charge in [0.2, 0.25) is 5.88 Å². The number of rotatable bonds is 4. The van der Waals surface area contributed by atoms with Crippen molar-refractivity contribution in [2.75, 3.05) is 19.6 Å². The van der Waals surface area contributed by atoms with Crippen molar-refractivity contribution in [1.29, 1.82) is 0 Å². The summed E-state index contributed by atoms with van der Waals surface area (Å²) in [5.74, 6) is -0.639. The first-order valence-corrected chi connectivity index (χ1v) is 7.41. The van der Waals surface area contributed by atoms with E-state index in [0.29, 0.717) is 13.1 Å². The minimum absolute atomic E-state index is 0.0522. The van der Waals surface area contributed by atoms with Gasteiger partial charge in [0, 0.05) is 6.54 Å². The van der Waals surface area contributed by atoms with Crippen LogP contribution in [-0.4, -0.2) is 41.0 Å². The number of nitrogens with zero attached hydrogens (tertiary/aromatic N) is 2. The minimum Gasteiger partial charge on any atom is -0.469 e. The normalized spacial score (nSPS) is 17.5. The van der Waals surface area contributed by atoms with Crippen molar-refractivity contribution < 1.29 is 22.7 Å². The van der Waals surface area contributed by atoms with Gasteiger partial charge in [0.1, 0.15) is 16.9 Å². The molecule has 0 saturated heterocycles. The first-order chi connectivity index (χ1) is 10.6.